The second-order valence-corrected chi connectivity index (χ2v) is 6.28. The van der Waals surface area contributed by atoms with Crippen LogP contribution in [0.1, 0.15) is 15.9 Å². The third-order valence-corrected chi connectivity index (χ3v) is 4.13. The number of anilines is 1. The van der Waals surface area contributed by atoms with E-state index in [1.807, 2.05) is 30.3 Å². The number of amides is 1. The van der Waals surface area contributed by atoms with Gasteiger partial charge in [-0.25, -0.2) is 4.79 Å². The average Bonchev–Trinajstić information content (AvgIpc) is 2.76. The van der Waals surface area contributed by atoms with Crippen molar-refractivity contribution in [2.45, 2.75) is 6.54 Å². The summed E-state index contributed by atoms with van der Waals surface area (Å²) in [5.74, 6) is -1.24. The lowest BCUT2D eigenvalue weighted by Crippen LogP contribution is -2.35. The van der Waals surface area contributed by atoms with Crippen LogP contribution in [-0.2, 0) is 16.1 Å². The van der Waals surface area contributed by atoms with E-state index in [1.54, 1.807) is 12.2 Å². The quantitative estimate of drug-likeness (QED) is 0.263. The van der Waals surface area contributed by atoms with E-state index in [1.165, 1.54) is 17.0 Å². The van der Waals surface area contributed by atoms with E-state index >= 15 is 0 Å². The van der Waals surface area contributed by atoms with Gasteiger partial charge < -0.3 is 15.0 Å². The van der Waals surface area contributed by atoms with Crippen LogP contribution in [0.25, 0.3) is 0 Å². The minimum atomic E-state index is -0.821. The summed E-state index contributed by atoms with van der Waals surface area (Å²) in [6.45, 7) is 7.62. The van der Waals surface area contributed by atoms with Crippen molar-refractivity contribution in [3.8, 4) is 0 Å². The number of benzene rings is 2. The Morgan fingerprint density at radius 1 is 1.10 bits per heavy atom. The molecule has 2 aromatic rings. The van der Waals surface area contributed by atoms with Gasteiger partial charge in [0.2, 0.25) is 0 Å². The van der Waals surface area contributed by atoms with Crippen molar-refractivity contribution in [3.05, 3.63) is 95.1 Å². The molecule has 2 rings (SSSR count). The van der Waals surface area contributed by atoms with Crippen molar-refractivity contribution in [3.63, 3.8) is 0 Å². The number of hydrogen-bond donors (Lipinski definition) is 1. The Hall–Kier alpha value is -3.94. The van der Waals surface area contributed by atoms with Crippen LogP contribution in [0, 0.1) is 10.1 Å². The molecule has 8 nitrogen and oxygen atoms in total. The van der Waals surface area contributed by atoms with Gasteiger partial charge in [0.25, 0.3) is 11.6 Å². The predicted octanol–water partition coefficient (Wildman–Crippen LogP) is 3.56. The molecule has 0 saturated heterocycles. The maximum atomic E-state index is 12.3. The van der Waals surface area contributed by atoms with Gasteiger partial charge in [-0.05, 0) is 17.7 Å². The van der Waals surface area contributed by atoms with E-state index in [-0.39, 0.29) is 30.0 Å². The summed E-state index contributed by atoms with van der Waals surface area (Å²) in [4.78, 5) is 36.7. The zero-order chi connectivity index (χ0) is 21.9. The molecule has 0 aliphatic heterocycles. The van der Waals surface area contributed by atoms with Crippen LogP contribution in [0.3, 0.4) is 0 Å². The normalized spacial score (nSPS) is 10.0. The lowest BCUT2D eigenvalue weighted by Gasteiger charge is -2.19. The molecule has 0 atom stereocenters. The SMILES string of the molecule is C=CCN(CC=C)C(=O)COC(=O)c1ccc(NCc2ccccc2)c([N+](=O)[O-])c1. The van der Waals surface area contributed by atoms with Gasteiger partial charge in [-0.2, -0.15) is 0 Å². The molecule has 1 amide bonds. The molecule has 0 aliphatic rings. The van der Waals surface area contributed by atoms with Crippen LogP contribution in [0.2, 0.25) is 0 Å². The van der Waals surface area contributed by atoms with Crippen LogP contribution >= 0.6 is 0 Å². The van der Waals surface area contributed by atoms with Gasteiger partial charge in [0.05, 0.1) is 10.5 Å². The summed E-state index contributed by atoms with van der Waals surface area (Å²) >= 11 is 0. The highest BCUT2D eigenvalue weighted by Gasteiger charge is 2.20. The number of esters is 1. The van der Waals surface area contributed by atoms with E-state index in [0.717, 1.165) is 11.6 Å². The highest BCUT2D eigenvalue weighted by molar-refractivity contribution is 5.93. The van der Waals surface area contributed by atoms with E-state index in [2.05, 4.69) is 18.5 Å². The van der Waals surface area contributed by atoms with Gasteiger partial charge in [-0.3, -0.25) is 14.9 Å². The number of carbonyl (C=O) groups excluding carboxylic acids is 2. The molecule has 2 aromatic carbocycles. The van der Waals surface area contributed by atoms with E-state index in [0.29, 0.717) is 6.54 Å². The first kappa shape index (κ1) is 22.4. The summed E-state index contributed by atoms with van der Waals surface area (Å²) in [6, 6.07) is 13.4. The topological polar surface area (TPSA) is 102 Å². The second kappa shape index (κ2) is 11.2. The van der Waals surface area contributed by atoms with Crippen LogP contribution in [-0.4, -0.2) is 41.4 Å². The van der Waals surface area contributed by atoms with Gasteiger partial charge in [0.1, 0.15) is 5.69 Å². The first-order valence-electron chi connectivity index (χ1n) is 9.19. The smallest absolute Gasteiger partial charge is 0.338 e. The summed E-state index contributed by atoms with van der Waals surface area (Å²) in [5.41, 5.74) is 0.961. The molecular formula is C22H23N3O5. The van der Waals surface area contributed by atoms with Crippen molar-refractivity contribution in [1.82, 2.24) is 4.90 Å². The third-order valence-electron chi connectivity index (χ3n) is 4.13. The summed E-state index contributed by atoms with van der Waals surface area (Å²) in [5, 5.41) is 14.4. The first-order valence-corrected chi connectivity index (χ1v) is 9.19. The van der Waals surface area contributed by atoms with Gasteiger partial charge in [-0.1, -0.05) is 42.5 Å². The largest absolute Gasteiger partial charge is 0.452 e. The fourth-order valence-electron chi connectivity index (χ4n) is 2.64. The van der Waals surface area contributed by atoms with Gasteiger partial charge in [0.15, 0.2) is 6.61 Å². The van der Waals surface area contributed by atoms with Crippen molar-refractivity contribution in [1.29, 1.82) is 0 Å². The fourth-order valence-corrected chi connectivity index (χ4v) is 2.64. The van der Waals surface area contributed by atoms with E-state index < -0.39 is 23.4 Å². The second-order valence-electron chi connectivity index (χ2n) is 6.28. The van der Waals surface area contributed by atoms with Gasteiger partial charge in [0, 0.05) is 25.7 Å². The lowest BCUT2D eigenvalue weighted by atomic mass is 10.1. The van der Waals surface area contributed by atoms with Crippen LogP contribution < -0.4 is 5.32 Å². The Balaban J connectivity index is 2.06. The fraction of sp³-hybridized carbons (Fsp3) is 0.182. The Bertz CT molecular complexity index is 918. The Kier molecular flexibility index (Phi) is 8.31. The molecule has 0 bridgehead atoms. The molecule has 0 aliphatic carbocycles. The minimum absolute atomic E-state index is 0.0150. The lowest BCUT2D eigenvalue weighted by molar-refractivity contribution is -0.384. The third kappa shape index (κ3) is 6.30. The zero-order valence-electron chi connectivity index (χ0n) is 16.5. The summed E-state index contributed by atoms with van der Waals surface area (Å²) in [6.07, 6.45) is 3.10. The maximum absolute atomic E-state index is 12.3. The highest BCUT2D eigenvalue weighted by atomic mass is 16.6. The van der Waals surface area contributed by atoms with Crippen LogP contribution in [0.4, 0.5) is 11.4 Å². The molecule has 0 saturated carbocycles. The molecule has 156 valence electrons. The Morgan fingerprint density at radius 3 is 2.37 bits per heavy atom. The predicted molar refractivity (Wildman–Crippen MR) is 114 cm³/mol. The first-order chi connectivity index (χ1) is 14.5. The number of hydrogen-bond acceptors (Lipinski definition) is 6. The number of nitrogens with one attached hydrogen (secondary N) is 1. The number of ether oxygens (including phenoxy) is 1. The van der Waals surface area contributed by atoms with Crippen LogP contribution in [0.5, 0.6) is 0 Å². The maximum Gasteiger partial charge on any atom is 0.338 e. The average molecular weight is 409 g/mol. The number of nitrogens with zero attached hydrogens (tertiary/aromatic N) is 2. The van der Waals surface area contributed by atoms with E-state index in [9.17, 15) is 19.7 Å². The number of nitro benzene ring substituents is 1. The monoisotopic (exact) mass is 409 g/mol. The summed E-state index contributed by atoms with van der Waals surface area (Å²) in [7, 11) is 0. The standard InChI is InChI=1S/C22H23N3O5/c1-3-12-24(13-4-2)21(26)16-30-22(27)18-10-11-19(20(14-18)25(28)29)23-15-17-8-6-5-7-9-17/h3-11,14,23H,1-2,12-13,15-16H2. The molecule has 0 unspecified atom stereocenters. The van der Waals surface area contributed by atoms with E-state index in [4.69, 9.17) is 4.74 Å². The molecule has 0 fully saturated rings. The van der Waals surface area contributed by atoms with Crippen molar-refractivity contribution in [2.24, 2.45) is 0 Å². The van der Waals surface area contributed by atoms with Gasteiger partial charge in [-0.15, -0.1) is 13.2 Å². The van der Waals surface area contributed by atoms with Crippen molar-refractivity contribution >= 4 is 23.3 Å². The molecule has 8 heteroatoms. The molecule has 30 heavy (non-hydrogen) atoms. The number of rotatable bonds is 11. The minimum Gasteiger partial charge on any atom is -0.452 e. The number of nitro groups is 1. The number of carbonyl (C=O) groups is 2. The summed E-state index contributed by atoms with van der Waals surface area (Å²) < 4.78 is 5.03. The molecular weight excluding hydrogens is 386 g/mol. The van der Waals surface area contributed by atoms with Gasteiger partial charge >= 0.3 is 5.97 Å². The van der Waals surface area contributed by atoms with Crippen LogP contribution in [0.15, 0.2) is 73.8 Å². The molecule has 0 spiro atoms. The highest BCUT2D eigenvalue weighted by Crippen LogP contribution is 2.26. The Morgan fingerprint density at radius 2 is 1.77 bits per heavy atom. The van der Waals surface area contributed by atoms with Crippen molar-refractivity contribution < 1.29 is 19.2 Å². The molecule has 0 radical (unpaired) electrons. The molecule has 1 N–H and O–H groups in total. The Labute approximate surface area is 174 Å². The molecule has 0 aromatic heterocycles. The van der Waals surface area contributed by atoms with Crippen molar-refractivity contribution in [2.75, 3.05) is 25.0 Å². The zero-order valence-corrected chi connectivity index (χ0v) is 16.5. The molecule has 0 heterocycles.